The summed E-state index contributed by atoms with van der Waals surface area (Å²) in [7, 11) is 0. The van der Waals surface area contributed by atoms with Gasteiger partial charge in [-0.15, -0.1) is 0 Å². The van der Waals surface area contributed by atoms with Crippen LogP contribution in [0.2, 0.25) is 5.02 Å². The lowest BCUT2D eigenvalue weighted by molar-refractivity contribution is -0.138. The number of hydrogen-bond acceptors (Lipinski definition) is 4. The molecule has 0 saturated carbocycles. The van der Waals surface area contributed by atoms with Crippen LogP contribution in [0, 0.1) is 6.92 Å². The minimum atomic E-state index is -0.931. The molecular weight excluding hydrogens is 542 g/mol. The third kappa shape index (κ3) is 8.02. The number of fused-ring (bicyclic) bond motifs is 1. The summed E-state index contributed by atoms with van der Waals surface area (Å²) in [5, 5.41) is 20.1. The van der Waals surface area contributed by atoms with Crippen molar-refractivity contribution < 1.29 is 29.3 Å². The third-order valence-electron chi connectivity index (χ3n) is 6.63. The Balaban J connectivity index is 1.41. The highest BCUT2D eigenvalue weighted by atomic mass is 35.5. The first-order valence-corrected chi connectivity index (χ1v) is 13.7. The zero-order valence-electron chi connectivity index (χ0n) is 22.8. The van der Waals surface area contributed by atoms with Crippen molar-refractivity contribution in [1.29, 1.82) is 0 Å². The zero-order chi connectivity index (χ0) is 29.2. The topological polar surface area (TPSA) is 98.0 Å². The van der Waals surface area contributed by atoms with Crippen LogP contribution in [0.1, 0.15) is 35.2 Å². The van der Waals surface area contributed by atoms with E-state index in [0.717, 1.165) is 39.0 Å². The van der Waals surface area contributed by atoms with Crippen molar-refractivity contribution in [2.24, 2.45) is 0 Å². The maximum atomic E-state index is 11.7. The zero-order valence-corrected chi connectivity index (χ0v) is 23.5. The number of carbonyl (C=O) groups is 2. The number of hydrogen-bond donors (Lipinski definition) is 2. The van der Waals surface area contributed by atoms with Crippen LogP contribution in [0.3, 0.4) is 0 Å². The number of ether oxygens (including phenoxy) is 2. The molecule has 0 radical (unpaired) electrons. The van der Waals surface area contributed by atoms with E-state index in [-0.39, 0.29) is 13.0 Å². The number of para-hydroxylation sites is 2. The molecule has 0 saturated heterocycles. The molecule has 4 rings (SSSR count). The van der Waals surface area contributed by atoms with Crippen LogP contribution in [0.4, 0.5) is 0 Å². The molecule has 3 aromatic carbocycles. The number of aliphatic carboxylic acids is 2. The van der Waals surface area contributed by atoms with Gasteiger partial charge in [0.2, 0.25) is 0 Å². The Labute approximate surface area is 243 Å². The summed E-state index contributed by atoms with van der Waals surface area (Å²) in [6, 6.07) is 20.9. The van der Waals surface area contributed by atoms with Gasteiger partial charge < -0.3 is 24.3 Å². The van der Waals surface area contributed by atoms with Gasteiger partial charge in [0, 0.05) is 17.5 Å². The number of benzene rings is 3. The van der Waals surface area contributed by atoms with Crippen LogP contribution in [0.5, 0.6) is 11.5 Å². The Morgan fingerprint density at radius 3 is 2.32 bits per heavy atom. The lowest BCUT2D eigenvalue weighted by Gasteiger charge is -2.08. The predicted octanol–water partition coefficient (Wildman–Crippen LogP) is 7.28. The first-order chi connectivity index (χ1) is 19.8. The molecule has 0 amide bonds. The molecule has 0 aliphatic rings. The fraction of sp³-hybridized carbons (Fsp3) is 0.212. The summed E-state index contributed by atoms with van der Waals surface area (Å²) >= 11 is 6.08. The van der Waals surface area contributed by atoms with Gasteiger partial charge in [-0.05, 0) is 72.9 Å². The maximum Gasteiger partial charge on any atom is 0.323 e. The normalized spacial score (nSPS) is 11.5. The Morgan fingerprint density at radius 2 is 1.61 bits per heavy atom. The molecule has 4 aromatic rings. The Hall–Kier alpha value is -4.49. The van der Waals surface area contributed by atoms with E-state index in [2.05, 4.69) is 0 Å². The summed E-state index contributed by atoms with van der Waals surface area (Å²) < 4.78 is 13.2. The van der Waals surface area contributed by atoms with Crippen molar-refractivity contribution in [3.8, 4) is 11.5 Å². The fourth-order valence-corrected chi connectivity index (χ4v) is 4.86. The molecule has 0 spiro atoms. The van der Waals surface area contributed by atoms with Gasteiger partial charge >= 0.3 is 11.9 Å². The molecule has 41 heavy (non-hydrogen) atoms. The van der Waals surface area contributed by atoms with Crippen LogP contribution < -0.4 is 9.47 Å². The standard InChI is InChI=1S/C33H32ClNO6/c1-23-27(9-7-13-31(36)37)28-10-6-8-25(33(28)35(23)22-32(38)39)17-14-24-15-18-26(19-16-24)40-20-4-5-21-41-30-12-3-2-11-29(30)34/h2-6,8,10-12,14-19H,7,9,13,20-22H2,1H3,(H,36,37)(H,38,39)/b5-4+,17-14?. The van der Waals surface area contributed by atoms with E-state index in [1.165, 1.54) is 0 Å². The second-order valence-electron chi connectivity index (χ2n) is 9.46. The van der Waals surface area contributed by atoms with E-state index in [4.69, 9.17) is 26.2 Å². The largest absolute Gasteiger partial charge is 0.490 e. The number of aryl methyl sites for hydroxylation is 1. The third-order valence-corrected chi connectivity index (χ3v) is 6.95. The lowest BCUT2D eigenvalue weighted by Crippen LogP contribution is -2.10. The highest BCUT2D eigenvalue weighted by Crippen LogP contribution is 2.31. The second kappa shape index (κ2) is 14.2. The molecule has 7 nitrogen and oxygen atoms in total. The van der Waals surface area contributed by atoms with E-state index in [9.17, 15) is 14.7 Å². The molecule has 0 atom stereocenters. The van der Waals surface area contributed by atoms with Gasteiger partial charge in [-0.3, -0.25) is 9.59 Å². The van der Waals surface area contributed by atoms with Crippen molar-refractivity contribution in [3.05, 3.63) is 106 Å². The summed E-state index contributed by atoms with van der Waals surface area (Å²) in [5.41, 5.74) is 4.52. The number of carboxylic acid groups (broad SMARTS) is 2. The molecule has 1 heterocycles. The summed E-state index contributed by atoms with van der Waals surface area (Å²) in [6.07, 6.45) is 8.83. The second-order valence-corrected chi connectivity index (χ2v) is 9.87. The van der Waals surface area contributed by atoms with Crippen molar-refractivity contribution >= 4 is 46.6 Å². The average molecular weight is 574 g/mol. The van der Waals surface area contributed by atoms with Crippen LogP contribution >= 0.6 is 11.6 Å². The van der Waals surface area contributed by atoms with Gasteiger partial charge in [-0.2, -0.15) is 0 Å². The molecule has 1 aromatic heterocycles. The molecule has 0 fully saturated rings. The Morgan fingerprint density at radius 1 is 0.878 bits per heavy atom. The summed E-state index contributed by atoms with van der Waals surface area (Å²) in [6.45, 7) is 2.52. The fourth-order valence-electron chi connectivity index (χ4n) is 4.67. The van der Waals surface area contributed by atoms with Crippen molar-refractivity contribution in [3.63, 3.8) is 0 Å². The summed E-state index contributed by atoms with van der Waals surface area (Å²) in [4.78, 5) is 22.7. The number of aromatic nitrogens is 1. The monoisotopic (exact) mass is 573 g/mol. The van der Waals surface area contributed by atoms with Gasteiger partial charge in [-0.1, -0.05) is 66.2 Å². The van der Waals surface area contributed by atoms with E-state index in [1.807, 2.05) is 91.9 Å². The number of carboxylic acids is 2. The molecule has 0 unspecified atom stereocenters. The van der Waals surface area contributed by atoms with Crippen LogP contribution in [-0.4, -0.2) is 39.9 Å². The van der Waals surface area contributed by atoms with Crippen LogP contribution in [0.25, 0.3) is 23.1 Å². The maximum absolute atomic E-state index is 11.7. The molecule has 0 bridgehead atoms. The van der Waals surface area contributed by atoms with Gasteiger partial charge in [0.1, 0.15) is 31.3 Å². The van der Waals surface area contributed by atoms with Crippen LogP contribution in [0.15, 0.2) is 78.9 Å². The number of rotatable bonds is 14. The predicted molar refractivity (Wildman–Crippen MR) is 162 cm³/mol. The lowest BCUT2D eigenvalue weighted by atomic mass is 10.0. The van der Waals surface area contributed by atoms with E-state index in [0.29, 0.717) is 36.8 Å². The van der Waals surface area contributed by atoms with Crippen molar-refractivity contribution in [2.45, 2.75) is 32.7 Å². The van der Waals surface area contributed by atoms with Crippen molar-refractivity contribution in [1.82, 2.24) is 4.57 Å². The first kappa shape index (κ1) is 29.5. The minimum Gasteiger partial charge on any atom is -0.490 e. The highest BCUT2D eigenvalue weighted by Gasteiger charge is 2.18. The quantitative estimate of drug-likeness (QED) is 0.121. The average Bonchev–Trinajstić information content (AvgIpc) is 3.21. The number of nitrogens with zero attached hydrogens (tertiary/aromatic N) is 1. The summed E-state index contributed by atoms with van der Waals surface area (Å²) in [5.74, 6) is -0.397. The van der Waals surface area contributed by atoms with Gasteiger partial charge in [0.15, 0.2) is 0 Å². The Bertz CT molecular complexity index is 1570. The van der Waals surface area contributed by atoms with Gasteiger partial charge in [0.05, 0.1) is 10.5 Å². The molecule has 0 aliphatic carbocycles. The van der Waals surface area contributed by atoms with E-state index in [1.54, 1.807) is 10.6 Å². The van der Waals surface area contributed by atoms with E-state index >= 15 is 0 Å². The van der Waals surface area contributed by atoms with Crippen LogP contribution in [-0.2, 0) is 22.6 Å². The van der Waals surface area contributed by atoms with Gasteiger partial charge in [-0.25, -0.2) is 0 Å². The SMILES string of the molecule is Cc1c(CCCC(=O)O)c2cccc(C=Cc3ccc(OC/C=C/COc4ccccc4Cl)cc3)c2n1CC(=O)O. The highest BCUT2D eigenvalue weighted by molar-refractivity contribution is 6.32. The van der Waals surface area contributed by atoms with E-state index < -0.39 is 11.9 Å². The molecule has 212 valence electrons. The molecule has 8 heteroatoms. The molecular formula is C33H32ClNO6. The minimum absolute atomic E-state index is 0.0681. The number of halogens is 1. The van der Waals surface area contributed by atoms with Gasteiger partial charge in [0.25, 0.3) is 0 Å². The first-order valence-electron chi connectivity index (χ1n) is 13.3. The molecule has 0 aliphatic heterocycles. The molecule has 2 N–H and O–H groups in total. The Kier molecular flexibility index (Phi) is 10.2. The van der Waals surface area contributed by atoms with Crippen molar-refractivity contribution in [2.75, 3.05) is 13.2 Å². The smallest absolute Gasteiger partial charge is 0.323 e.